The van der Waals surface area contributed by atoms with Gasteiger partial charge in [-0.25, -0.2) is 4.79 Å². The fourth-order valence-electron chi connectivity index (χ4n) is 2.12. The van der Waals surface area contributed by atoms with Crippen LogP contribution in [0, 0.1) is 6.92 Å². The van der Waals surface area contributed by atoms with E-state index in [0.717, 1.165) is 11.3 Å². The van der Waals surface area contributed by atoms with Gasteiger partial charge in [0.25, 0.3) is 0 Å². The minimum atomic E-state index is -0.307. The number of carbonyl (C=O) groups excluding carboxylic acids is 1. The molecule has 0 bridgehead atoms. The molecule has 5 nitrogen and oxygen atoms in total. The summed E-state index contributed by atoms with van der Waals surface area (Å²) in [5.41, 5.74) is 1.59. The summed E-state index contributed by atoms with van der Waals surface area (Å²) in [6, 6.07) is 12.4. The first-order valence-electron chi connectivity index (χ1n) is 7.75. The van der Waals surface area contributed by atoms with Gasteiger partial charge in [0, 0.05) is 5.02 Å². The lowest BCUT2D eigenvalue weighted by Gasteiger charge is -2.13. The predicted molar refractivity (Wildman–Crippen MR) is 96.3 cm³/mol. The number of carbonyl (C=O) groups is 1. The molecule has 0 unspecified atom stereocenters. The van der Waals surface area contributed by atoms with E-state index in [2.05, 4.69) is 10.6 Å². The zero-order chi connectivity index (χ0) is 17.4. The molecule has 0 aliphatic carbocycles. The maximum Gasteiger partial charge on any atom is 0.319 e. The minimum Gasteiger partial charge on any atom is -0.492 e. The van der Waals surface area contributed by atoms with Crippen LogP contribution in [0.3, 0.4) is 0 Å². The number of ether oxygens (including phenoxy) is 2. The molecule has 0 aliphatic rings. The Morgan fingerprint density at radius 3 is 2.67 bits per heavy atom. The lowest BCUT2D eigenvalue weighted by atomic mass is 10.2. The molecule has 2 amide bonds. The lowest BCUT2D eigenvalue weighted by molar-refractivity contribution is 0.247. The van der Waals surface area contributed by atoms with E-state index in [1.165, 1.54) is 0 Å². The van der Waals surface area contributed by atoms with Crippen molar-refractivity contribution in [3.8, 4) is 11.5 Å². The molecule has 6 heteroatoms. The van der Waals surface area contributed by atoms with Crippen molar-refractivity contribution in [3.05, 3.63) is 53.1 Å². The third-order valence-corrected chi connectivity index (χ3v) is 3.45. The van der Waals surface area contributed by atoms with Crippen LogP contribution in [0.4, 0.5) is 10.5 Å². The van der Waals surface area contributed by atoms with Gasteiger partial charge in [-0.05, 0) is 49.7 Å². The van der Waals surface area contributed by atoms with E-state index in [1.54, 1.807) is 12.1 Å². The molecular formula is C18H21ClN2O3. The first kappa shape index (κ1) is 17.9. The third kappa shape index (κ3) is 5.35. The van der Waals surface area contributed by atoms with Crippen molar-refractivity contribution >= 4 is 23.3 Å². The number of rotatable bonds is 7. The Morgan fingerprint density at radius 2 is 1.92 bits per heavy atom. The topological polar surface area (TPSA) is 59.6 Å². The van der Waals surface area contributed by atoms with Crippen LogP contribution in [-0.4, -0.2) is 25.8 Å². The van der Waals surface area contributed by atoms with E-state index < -0.39 is 0 Å². The number of anilines is 1. The molecule has 0 aromatic heterocycles. The summed E-state index contributed by atoms with van der Waals surface area (Å²) >= 11 is 5.90. The van der Waals surface area contributed by atoms with E-state index >= 15 is 0 Å². The summed E-state index contributed by atoms with van der Waals surface area (Å²) in [4.78, 5) is 11.9. The molecule has 0 aliphatic heterocycles. The summed E-state index contributed by atoms with van der Waals surface area (Å²) < 4.78 is 11.1. The Balaban J connectivity index is 1.77. The maximum absolute atomic E-state index is 11.9. The average molecular weight is 349 g/mol. The number of benzene rings is 2. The van der Waals surface area contributed by atoms with Crippen molar-refractivity contribution in [2.75, 3.05) is 25.1 Å². The van der Waals surface area contributed by atoms with Crippen LogP contribution in [0.15, 0.2) is 42.5 Å². The quantitative estimate of drug-likeness (QED) is 0.735. The predicted octanol–water partition coefficient (Wildman–Crippen LogP) is 4.25. The standard InChI is InChI=1S/C18H21ClN2O3/c1-3-23-17-7-5-4-6-15(17)21-18(22)20-10-11-24-16-9-8-14(19)12-13(16)2/h4-9,12H,3,10-11H2,1-2H3,(H2,20,21,22). The Morgan fingerprint density at radius 1 is 1.12 bits per heavy atom. The Labute approximate surface area is 146 Å². The van der Waals surface area contributed by atoms with Crippen LogP contribution >= 0.6 is 11.6 Å². The van der Waals surface area contributed by atoms with Crippen LogP contribution in [0.1, 0.15) is 12.5 Å². The third-order valence-electron chi connectivity index (χ3n) is 3.22. The van der Waals surface area contributed by atoms with Crippen molar-refractivity contribution in [2.24, 2.45) is 0 Å². The highest BCUT2D eigenvalue weighted by molar-refractivity contribution is 6.30. The second-order valence-electron chi connectivity index (χ2n) is 5.07. The molecule has 0 spiro atoms. The zero-order valence-electron chi connectivity index (χ0n) is 13.8. The first-order valence-corrected chi connectivity index (χ1v) is 8.13. The monoisotopic (exact) mass is 348 g/mol. The number of hydrogen-bond acceptors (Lipinski definition) is 3. The Hall–Kier alpha value is -2.40. The highest BCUT2D eigenvalue weighted by Gasteiger charge is 2.07. The Kier molecular flexibility index (Phi) is 6.75. The van der Waals surface area contributed by atoms with Gasteiger partial charge in [-0.3, -0.25) is 0 Å². The fraction of sp³-hybridized carbons (Fsp3) is 0.278. The van der Waals surface area contributed by atoms with E-state index in [-0.39, 0.29) is 6.03 Å². The molecule has 0 heterocycles. The molecule has 0 fully saturated rings. The van der Waals surface area contributed by atoms with Crippen molar-refractivity contribution in [1.29, 1.82) is 0 Å². The number of para-hydroxylation sites is 2. The molecule has 0 saturated heterocycles. The summed E-state index contributed by atoms with van der Waals surface area (Å²) in [6.45, 7) is 5.10. The molecule has 2 rings (SSSR count). The lowest BCUT2D eigenvalue weighted by Crippen LogP contribution is -2.32. The second-order valence-corrected chi connectivity index (χ2v) is 5.50. The van der Waals surface area contributed by atoms with Crippen molar-refractivity contribution < 1.29 is 14.3 Å². The van der Waals surface area contributed by atoms with Crippen LogP contribution < -0.4 is 20.1 Å². The van der Waals surface area contributed by atoms with Crippen molar-refractivity contribution in [3.63, 3.8) is 0 Å². The molecule has 2 aromatic rings. The zero-order valence-corrected chi connectivity index (χ0v) is 14.5. The minimum absolute atomic E-state index is 0.307. The number of urea groups is 1. The second kappa shape index (κ2) is 9.03. The SMILES string of the molecule is CCOc1ccccc1NC(=O)NCCOc1ccc(Cl)cc1C. The van der Waals surface area contributed by atoms with Crippen LogP contribution in [0.5, 0.6) is 11.5 Å². The van der Waals surface area contributed by atoms with E-state index in [4.69, 9.17) is 21.1 Å². The molecule has 0 saturated carbocycles. The number of amides is 2. The number of aryl methyl sites for hydroxylation is 1. The van der Waals surface area contributed by atoms with Gasteiger partial charge in [0.1, 0.15) is 18.1 Å². The molecule has 2 aromatic carbocycles. The molecule has 128 valence electrons. The van der Waals surface area contributed by atoms with Gasteiger partial charge < -0.3 is 20.1 Å². The van der Waals surface area contributed by atoms with Gasteiger partial charge >= 0.3 is 6.03 Å². The smallest absolute Gasteiger partial charge is 0.319 e. The molecule has 24 heavy (non-hydrogen) atoms. The number of hydrogen-bond donors (Lipinski definition) is 2. The normalized spacial score (nSPS) is 10.1. The highest BCUT2D eigenvalue weighted by atomic mass is 35.5. The van der Waals surface area contributed by atoms with Gasteiger partial charge in [0.2, 0.25) is 0 Å². The number of halogens is 1. The number of nitrogens with one attached hydrogen (secondary N) is 2. The highest BCUT2D eigenvalue weighted by Crippen LogP contribution is 2.23. The molecule has 0 radical (unpaired) electrons. The van der Waals surface area contributed by atoms with E-state index in [9.17, 15) is 4.79 Å². The fourth-order valence-corrected chi connectivity index (χ4v) is 2.34. The summed E-state index contributed by atoms with van der Waals surface area (Å²) in [7, 11) is 0. The van der Waals surface area contributed by atoms with Gasteiger partial charge in [-0.15, -0.1) is 0 Å². The molecular weight excluding hydrogens is 328 g/mol. The van der Waals surface area contributed by atoms with Gasteiger partial charge in [0.05, 0.1) is 18.8 Å². The van der Waals surface area contributed by atoms with Gasteiger partial charge in [0.15, 0.2) is 0 Å². The van der Waals surface area contributed by atoms with Crippen LogP contribution in [0.25, 0.3) is 0 Å². The van der Waals surface area contributed by atoms with Gasteiger partial charge in [-0.1, -0.05) is 23.7 Å². The van der Waals surface area contributed by atoms with Crippen LogP contribution in [0.2, 0.25) is 5.02 Å². The van der Waals surface area contributed by atoms with Crippen LogP contribution in [-0.2, 0) is 0 Å². The summed E-state index contributed by atoms with van der Waals surface area (Å²) in [5.74, 6) is 1.39. The average Bonchev–Trinajstić information content (AvgIpc) is 2.55. The molecule has 0 atom stereocenters. The van der Waals surface area contributed by atoms with Gasteiger partial charge in [-0.2, -0.15) is 0 Å². The van der Waals surface area contributed by atoms with Crippen molar-refractivity contribution in [1.82, 2.24) is 5.32 Å². The van der Waals surface area contributed by atoms with E-state index in [0.29, 0.717) is 36.2 Å². The maximum atomic E-state index is 11.9. The van der Waals surface area contributed by atoms with Crippen molar-refractivity contribution in [2.45, 2.75) is 13.8 Å². The Bertz CT molecular complexity index is 692. The van der Waals surface area contributed by atoms with E-state index in [1.807, 2.05) is 44.2 Å². The largest absolute Gasteiger partial charge is 0.492 e. The summed E-state index contributed by atoms with van der Waals surface area (Å²) in [5, 5.41) is 6.18. The first-order chi connectivity index (χ1) is 11.6. The summed E-state index contributed by atoms with van der Waals surface area (Å²) in [6.07, 6.45) is 0. The molecule has 2 N–H and O–H groups in total.